The van der Waals surface area contributed by atoms with E-state index in [4.69, 9.17) is 0 Å². The first kappa shape index (κ1) is 13.9. The van der Waals surface area contributed by atoms with Crippen LogP contribution in [-0.4, -0.2) is 15.3 Å². The van der Waals surface area contributed by atoms with Crippen molar-refractivity contribution in [2.45, 2.75) is 13.3 Å². The maximum absolute atomic E-state index is 13.3. The summed E-state index contributed by atoms with van der Waals surface area (Å²) in [5.74, 6) is -0.178. The second-order valence-electron chi connectivity index (χ2n) is 4.91. The van der Waals surface area contributed by atoms with Crippen LogP contribution in [0.15, 0.2) is 47.2 Å². The highest BCUT2D eigenvalue weighted by atomic mass is 79.9. The number of nitrogens with zero attached hydrogens (tertiary/aromatic N) is 2. The van der Waals surface area contributed by atoms with Gasteiger partial charge in [-0.3, -0.25) is 9.36 Å². The van der Waals surface area contributed by atoms with Crippen molar-refractivity contribution in [3.63, 3.8) is 0 Å². The third kappa shape index (κ3) is 2.74. The molecular weight excluding hydrogens is 335 g/mol. The summed E-state index contributed by atoms with van der Waals surface area (Å²) in [6.45, 7) is 1.57. The third-order valence-corrected chi connectivity index (χ3v) is 3.85. The molecule has 1 heterocycles. The minimum absolute atomic E-state index is 0.122. The lowest BCUT2D eigenvalue weighted by molar-refractivity contribution is -0.116. The number of carbonyl (C=O) groups is 1. The minimum Gasteiger partial charge on any atom is -0.300 e. The molecule has 1 aromatic heterocycles. The summed E-state index contributed by atoms with van der Waals surface area (Å²) >= 11 is 3.19. The van der Waals surface area contributed by atoms with E-state index in [2.05, 4.69) is 20.9 Å². The van der Waals surface area contributed by atoms with E-state index in [0.29, 0.717) is 10.9 Å². The third-order valence-electron chi connectivity index (χ3n) is 3.25. The zero-order valence-electron chi connectivity index (χ0n) is 11.3. The minimum atomic E-state index is -0.299. The van der Waals surface area contributed by atoms with Crippen molar-refractivity contribution in [2.24, 2.45) is 0 Å². The summed E-state index contributed by atoms with van der Waals surface area (Å²) in [5.41, 5.74) is 3.50. The molecule has 3 nitrogen and oxygen atoms in total. The summed E-state index contributed by atoms with van der Waals surface area (Å²) < 4.78 is 15.6. The van der Waals surface area contributed by atoms with Gasteiger partial charge in [0.2, 0.25) is 0 Å². The lowest BCUT2D eigenvalue weighted by Gasteiger charge is -2.06. The Balaban J connectivity index is 2.07. The Bertz CT molecular complexity index is 841. The van der Waals surface area contributed by atoms with E-state index >= 15 is 0 Å². The van der Waals surface area contributed by atoms with Crippen molar-refractivity contribution in [3.05, 3.63) is 58.6 Å². The van der Waals surface area contributed by atoms with Gasteiger partial charge in [-0.25, -0.2) is 9.37 Å². The molecule has 0 amide bonds. The smallest absolute Gasteiger partial charge is 0.137 e. The van der Waals surface area contributed by atoms with Crippen LogP contribution in [0, 0.1) is 5.82 Å². The van der Waals surface area contributed by atoms with Gasteiger partial charge in [-0.05, 0) is 58.7 Å². The van der Waals surface area contributed by atoms with Gasteiger partial charge in [0.15, 0.2) is 0 Å². The fraction of sp³-hybridized carbons (Fsp3) is 0.125. The van der Waals surface area contributed by atoms with Crippen molar-refractivity contribution in [3.8, 4) is 5.69 Å². The SMILES string of the molecule is CC(=O)Cc1ccc2c(c1)ncn2-c1ccc(F)c(Br)c1. The molecule has 0 unspecified atom stereocenters. The van der Waals surface area contributed by atoms with E-state index < -0.39 is 0 Å². The number of imidazole rings is 1. The average molecular weight is 347 g/mol. The van der Waals surface area contributed by atoms with E-state index in [1.165, 1.54) is 6.07 Å². The van der Waals surface area contributed by atoms with E-state index in [0.717, 1.165) is 22.3 Å². The molecule has 0 spiro atoms. The average Bonchev–Trinajstić information content (AvgIpc) is 2.84. The molecule has 0 N–H and O–H groups in total. The largest absolute Gasteiger partial charge is 0.300 e. The molecule has 106 valence electrons. The maximum atomic E-state index is 13.3. The quantitative estimate of drug-likeness (QED) is 0.716. The highest BCUT2D eigenvalue weighted by molar-refractivity contribution is 9.10. The summed E-state index contributed by atoms with van der Waals surface area (Å²) in [7, 11) is 0. The van der Waals surface area contributed by atoms with Crippen LogP contribution in [0.25, 0.3) is 16.7 Å². The van der Waals surface area contributed by atoms with Crippen LogP contribution in [-0.2, 0) is 11.2 Å². The van der Waals surface area contributed by atoms with Gasteiger partial charge in [0.05, 0.1) is 15.5 Å². The lowest BCUT2D eigenvalue weighted by Crippen LogP contribution is -1.96. The number of aromatic nitrogens is 2. The Morgan fingerprint density at radius 1 is 1.29 bits per heavy atom. The molecule has 2 aromatic carbocycles. The molecule has 0 atom stereocenters. The topological polar surface area (TPSA) is 34.9 Å². The van der Waals surface area contributed by atoms with E-state index in [-0.39, 0.29) is 11.6 Å². The van der Waals surface area contributed by atoms with Crippen LogP contribution in [0.2, 0.25) is 0 Å². The first-order valence-electron chi connectivity index (χ1n) is 6.45. The van der Waals surface area contributed by atoms with Gasteiger partial charge in [0.1, 0.15) is 17.9 Å². The monoisotopic (exact) mass is 346 g/mol. The highest BCUT2D eigenvalue weighted by Crippen LogP contribution is 2.23. The molecule has 0 radical (unpaired) electrons. The molecule has 5 heteroatoms. The number of hydrogen-bond acceptors (Lipinski definition) is 2. The number of benzene rings is 2. The zero-order chi connectivity index (χ0) is 15.0. The van der Waals surface area contributed by atoms with Crippen molar-refractivity contribution in [1.82, 2.24) is 9.55 Å². The van der Waals surface area contributed by atoms with Crippen molar-refractivity contribution >= 4 is 32.7 Å². The molecule has 3 aromatic rings. The molecular formula is C16H12BrFN2O. The Morgan fingerprint density at radius 3 is 2.81 bits per heavy atom. The van der Waals surface area contributed by atoms with Crippen LogP contribution in [0.5, 0.6) is 0 Å². The van der Waals surface area contributed by atoms with Gasteiger partial charge < -0.3 is 0 Å². The van der Waals surface area contributed by atoms with Crippen LogP contribution in [0.3, 0.4) is 0 Å². The Kier molecular flexibility index (Phi) is 3.59. The van der Waals surface area contributed by atoms with E-state index in [1.54, 1.807) is 25.4 Å². The van der Waals surface area contributed by atoms with E-state index in [1.807, 2.05) is 22.8 Å². The summed E-state index contributed by atoms with van der Waals surface area (Å²) in [5, 5.41) is 0. The van der Waals surface area contributed by atoms with Crippen molar-refractivity contribution in [1.29, 1.82) is 0 Å². The highest BCUT2D eigenvalue weighted by Gasteiger charge is 2.08. The number of halogens is 2. The standard InChI is InChI=1S/C16H12BrFN2O/c1-10(21)6-11-2-5-16-15(7-11)19-9-20(16)12-3-4-14(18)13(17)8-12/h2-5,7-9H,6H2,1H3. The second kappa shape index (κ2) is 5.41. The normalized spacial score (nSPS) is 11.0. The molecule has 0 aliphatic carbocycles. The molecule has 0 saturated heterocycles. The predicted octanol–water partition coefficient (Wildman–Crippen LogP) is 4.06. The number of rotatable bonds is 3. The summed E-state index contributed by atoms with van der Waals surface area (Å²) in [6.07, 6.45) is 2.10. The Morgan fingerprint density at radius 2 is 2.10 bits per heavy atom. The van der Waals surface area contributed by atoms with Gasteiger partial charge in [0, 0.05) is 12.1 Å². The zero-order valence-corrected chi connectivity index (χ0v) is 12.9. The molecule has 3 rings (SSSR count). The van der Waals surface area contributed by atoms with Crippen LogP contribution < -0.4 is 0 Å². The predicted molar refractivity (Wildman–Crippen MR) is 83.1 cm³/mol. The fourth-order valence-electron chi connectivity index (χ4n) is 2.30. The van der Waals surface area contributed by atoms with Crippen molar-refractivity contribution < 1.29 is 9.18 Å². The van der Waals surface area contributed by atoms with Gasteiger partial charge in [-0.2, -0.15) is 0 Å². The number of hydrogen-bond donors (Lipinski definition) is 0. The number of carbonyl (C=O) groups excluding carboxylic acids is 1. The number of ketones is 1. The van der Waals surface area contributed by atoms with Crippen LogP contribution in [0.4, 0.5) is 4.39 Å². The molecule has 21 heavy (non-hydrogen) atoms. The fourth-order valence-corrected chi connectivity index (χ4v) is 2.66. The van der Waals surface area contributed by atoms with E-state index in [9.17, 15) is 9.18 Å². The summed E-state index contributed by atoms with van der Waals surface area (Å²) in [4.78, 5) is 15.5. The molecule has 0 bridgehead atoms. The molecule has 0 fully saturated rings. The summed E-state index contributed by atoms with van der Waals surface area (Å²) in [6, 6.07) is 10.6. The van der Waals surface area contributed by atoms with Gasteiger partial charge in [-0.1, -0.05) is 6.07 Å². The first-order chi connectivity index (χ1) is 10.0. The maximum Gasteiger partial charge on any atom is 0.137 e. The van der Waals surface area contributed by atoms with Crippen molar-refractivity contribution in [2.75, 3.05) is 0 Å². The van der Waals surface area contributed by atoms with Gasteiger partial charge >= 0.3 is 0 Å². The molecule has 0 aliphatic heterocycles. The molecule has 0 aliphatic rings. The first-order valence-corrected chi connectivity index (χ1v) is 7.25. The number of fused-ring (bicyclic) bond motifs is 1. The van der Waals surface area contributed by atoms with Gasteiger partial charge in [-0.15, -0.1) is 0 Å². The van der Waals surface area contributed by atoms with Crippen LogP contribution >= 0.6 is 15.9 Å². The number of Topliss-reactive ketones (excluding diaryl/α,β-unsaturated/α-hetero) is 1. The molecule has 0 saturated carbocycles. The second-order valence-corrected chi connectivity index (χ2v) is 5.77. The van der Waals surface area contributed by atoms with Crippen LogP contribution in [0.1, 0.15) is 12.5 Å². The Hall–Kier alpha value is -2.01. The lowest BCUT2D eigenvalue weighted by atomic mass is 10.1. The Labute approximate surface area is 129 Å². The van der Waals surface area contributed by atoms with Gasteiger partial charge in [0.25, 0.3) is 0 Å².